The Morgan fingerprint density at radius 3 is 2.92 bits per heavy atom. The van der Waals surface area contributed by atoms with Crippen molar-refractivity contribution in [1.29, 1.82) is 0 Å². The minimum absolute atomic E-state index is 0.207. The van der Waals surface area contributed by atoms with E-state index in [1.807, 2.05) is 6.92 Å². The van der Waals surface area contributed by atoms with Crippen LogP contribution in [0.1, 0.15) is 13.3 Å². The van der Waals surface area contributed by atoms with Crippen LogP contribution in [0, 0.1) is 0 Å². The molecule has 0 aromatic carbocycles. The highest BCUT2D eigenvalue weighted by Gasteiger charge is 2.20. The van der Waals surface area contributed by atoms with Crippen LogP contribution in [0.4, 0.5) is 0 Å². The van der Waals surface area contributed by atoms with Crippen LogP contribution in [-0.2, 0) is 9.53 Å². The number of carbonyl (C=O) groups excluding carboxylic acids is 1. The van der Waals surface area contributed by atoms with E-state index in [9.17, 15) is 4.79 Å². The summed E-state index contributed by atoms with van der Waals surface area (Å²) in [6, 6.07) is 0. The van der Waals surface area contributed by atoms with Gasteiger partial charge in [-0.05, 0) is 18.9 Å². The molecule has 0 unspecified atom stereocenters. The Hall–Kier alpha value is -0.260. The maximum absolute atomic E-state index is 11.0. The molecular formula is C8H12INO2. The van der Waals surface area contributed by atoms with Gasteiger partial charge in [0.2, 0.25) is 0 Å². The highest BCUT2D eigenvalue weighted by atomic mass is 127. The number of alkyl halides is 1. The van der Waals surface area contributed by atoms with Crippen molar-refractivity contribution in [3.8, 4) is 0 Å². The number of nitrogens with one attached hydrogen (secondary N) is 1. The van der Waals surface area contributed by atoms with Crippen LogP contribution in [0.5, 0.6) is 0 Å². The molecule has 12 heavy (non-hydrogen) atoms. The summed E-state index contributed by atoms with van der Waals surface area (Å²) in [6.45, 7) is 3.22. The van der Waals surface area contributed by atoms with E-state index >= 15 is 0 Å². The van der Waals surface area contributed by atoms with Crippen LogP contribution in [0.2, 0.25) is 0 Å². The minimum atomic E-state index is -0.207. The summed E-state index contributed by atoms with van der Waals surface area (Å²) in [5.41, 5.74) is 1.67. The Balaban J connectivity index is 2.39. The normalized spacial score (nSPS) is 16.7. The second-order valence-electron chi connectivity index (χ2n) is 2.70. The monoisotopic (exact) mass is 281 g/mol. The number of esters is 1. The fourth-order valence-corrected chi connectivity index (χ4v) is 1.38. The third-order valence-corrected chi connectivity index (χ3v) is 2.43. The topological polar surface area (TPSA) is 38.3 Å². The average molecular weight is 281 g/mol. The predicted octanol–water partition coefficient (Wildman–Crippen LogP) is 1.23. The number of hydrogen-bond acceptors (Lipinski definition) is 3. The molecule has 3 nitrogen and oxygen atoms in total. The first-order valence-electron chi connectivity index (χ1n) is 3.92. The van der Waals surface area contributed by atoms with E-state index in [-0.39, 0.29) is 5.97 Å². The molecule has 0 amide bonds. The van der Waals surface area contributed by atoms with Gasteiger partial charge in [-0.15, -0.1) is 0 Å². The van der Waals surface area contributed by atoms with E-state index in [4.69, 9.17) is 4.74 Å². The number of rotatable bonds is 4. The van der Waals surface area contributed by atoms with E-state index in [0.29, 0.717) is 12.3 Å². The molecule has 4 heteroatoms. The maximum atomic E-state index is 11.0. The molecule has 0 saturated carbocycles. The summed E-state index contributed by atoms with van der Waals surface area (Å²) >= 11 is 2.31. The van der Waals surface area contributed by atoms with Crippen molar-refractivity contribution in [3.05, 3.63) is 11.3 Å². The number of carbonyl (C=O) groups is 1. The molecule has 0 spiro atoms. The van der Waals surface area contributed by atoms with Crippen molar-refractivity contribution in [2.45, 2.75) is 13.3 Å². The first-order valence-corrected chi connectivity index (χ1v) is 5.45. The molecule has 0 aliphatic carbocycles. The number of halogens is 1. The van der Waals surface area contributed by atoms with Crippen molar-refractivity contribution < 1.29 is 9.53 Å². The Bertz CT molecular complexity index is 213. The van der Waals surface area contributed by atoms with Gasteiger partial charge in [0.25, 0.3) is 0 Å². The molecular weight excluding hydrogens is 269 g/mol. The third-order valence-electron chi connectivity index (χ3n) is 1.66. The van der Waals surface area contributed by atoms with Gasteiger partial charge in [0.1, 0.15) is 12.3 Å². The Morgan fingerprint density at radius 1 is 1.67 bits per heavy atom. The smallest absolute Gasteiger partial charge is 0.354 e. The summed E-state index contributed by atoms with van der Waals surface area (Å²) in [5, 5.41) is 3.08. The number of cyclic esters (lactones) is 1. The van der Waals surface area contributed by atoms with Gasteiger partial charge in [-0.25, -0.2) is 4.79 Å². The standard InChI is InChI=1S/C8H12INO2/c1-6-5-12-8(11)7(6)10-4-2-3-9/h10H,2-5H2,1H3. The summed E-state index contributed by atoms with van der Waals surface area (Å²) in [6.07, 6.45) is 1.07. The first-order chi connectivity index (χ1) is 5.75. The van der Waals surface area contributed by atoms with E-state index in [0.717, 1.165) is 23.0 Å². The zero-order chi connectivity index (χ0) is 8.97. The van der Waals surface area contributed by atoms with Gasteiger partial charge < -0.3 is 10.1 Å². The average Bonchev–Trinajstić information content (AvgIpc) is 2.35. The largest absolute Gasteiger partial charge is 0.456 e. The molecule has 1 heterocycles. The SMILES string of the molecule is CC1=C(NCCCI)C(=O)OC1. The van der Waals surface area contributed by atoms with Crippen molar-refractivity contribution in [2.75, 3.05) is 17.6 Å². The second kappa shape index (κ2) is 4.69. The van der Waals surface area contributed by atoms with Gasteiger partial charge in [0, 0.05) is 11.0 Å². The fourth-order valence-electron chi connectivity index (χ4n) is 0.996. The first kappa shape index (κ1) is 9.83. The molecule has 0 radical (unpaired) electrons. The lowest BCUT2D eigenvalue weighted by Gasteiger charge is -2.03. The molecule has 1 aliphatic rings. The lowest BCUT2D eigenvalue weighted by Crippen LogP contribution is -2.20. The van der Waals surface area contributed by atoms with Gasteiger partial charge in [-0.3, -0.25) is 0 Å². The second-order valence-corrected chi connectivity index (χ2v) is 3.78. The third kappa shape index (κ3) is 2.36. The molecule has 0 bridgehead atoms. The molecule has 0 saturated heterocycles. The molecule has 1 rings (SSSR count). The number of hydrogen-bond donors (Lipinski definition) is 1. The van der Waals surface area contributed by atoms with E-state index < -0.39 is 0 Å². The van der Waals surface area contributed by atoms with Crippen LogP contribution in [0.3, 0.4) is 0 Å². The van der Waals surface area contributed by atoms with E-state index in [2.05, 4.69) is 27.9 Å². The highest BCUT2D eigenvalue weighted by molar-refractivity contribution is 14.1. The molecule has 1 N–H and O–H groups in total. The molecule has 0 aromatic heterocycles. The van der Waals surface area contributed by atoms with Crippen molar-refractivity contribution in [3.63, 3.8) is 0 Å². The summed E-state index contributed by atoms with van der Waals surface area (Å²) in [4.78, 5) is 11.0. The lowest BCUT2D eigenvalue weighted by molar-refractivity contribution is -0.136. The van der Waals surface area contributed by atoms with Gasteiger partial charge >= 0.3 is 5.97 Å². The van der Waals surface area contributed by atoms with E-state index in [1.54, 1.807) is 0 Å². The molecule has 1 aliphatic heterocycles. The van der Waals surface area contributed by atoms with Crippen molar-refractivity contribution >= 4 is 28.6 Å². The van der Waals surface area contributed by atoms with Gasteiger partial charge in [-0.1, -0.05) is 22.6 Å². The van der Waals surface area contributed by atoms with Crippen LogP contribution >= 0.6 is 22.6 Å². The zero-order valence-corrected chi connectivity index (χ0v) is 9.18. The minimum Gasteiger partial charge on any atom is -0.456 e. The van der Waals surface area contributed by atoms with E-state index in [1.165, 1.54) is 0 Å². The van der Waals surface area contributed by atoms with Crippen molar-refractivity contribution in [1.82, 2.24) is 5.32 Å². The van der Waals surface area contributed by atoms with Gasteiger partial charge in [0.05, 0.1) is 0 Å². The van der Waals surface area contributed by atoms with Gasteiger partial charge in [-0.2, -0.15) is 0 Å². The predicted molar refractivity (Wildman–Crippen MR) is 55.2 cm³/mol. The molecule has 0 fully saturated rings. The zero-order valence-electron chi connectivity index (χ0n) is 7.02. The summed E-state index contributed by atoms with van der Waals surface area (Å²) in [7, 11) is 0. The van der Waals surface area contributed by atoms with Crippen LogP contribution in [-0.4, -0.2) is 23.5 Å². The highest BCUT2D eigenvalue weighted by Crippen LogP contribution is 2.11. The maximum Gasteiger partial charge on any atom is 0.354 e. The van der Waals surface area contributed by atoms with Gasteiger partial charge in [0.15, 0.2) is 0 Å². The quantitative estimate of drug-likeness (QED) is 0.364. The Kier molecular flexibility index (Phi) is 3.84. The molecule has 0 atom stereocenters. The Morgan fingerprint density at radius 2 is 2.42 bits per heavy atom. The fraction of sp³-hybridized carbons (Fsp3) is 0.625. The van der Waals surface area contributed by atoms with Crippen LogP contribution in [0.25, 0.3) is 0 Å². The van der Waals surface area contributed by atoms with Crippen molar-refractivity contribution in [2.24, 2.45) is 0 Å². The number of ether oxygens (including phenoxy) is 1. The Labute approximate surface area is 85.7 Å². The molecule has 0 aromatic rings. The molecule has 68 valence electrons. The summed E-state index contributed by atoms with van der Waals surface area (Å²) in [5.74, 6) is -0.207. The van der Waals surface area contributed by atoms with Crippen LogP contribution < -0.4 is 5.32 Å². The lowest BCUT2D eigenvalue weighted by atomic mass is 10.2. The van der Waals surface area contributed by atoms with Crippen LogP contribution in [0.15, 0.2) is 11.3 Å². The summed E-state index contributed by atoms with van der Waals surface area (Å²) < 4.78 is 5.93.